The highest BCUT2D eigenvalue weighted by molar-refractivity contribution is 7.89. The van der Waals surface area contributed by atoms with Gasteiger partial charge in [-0.05, 0) is 36.6 Å². The van der Waals surface area contributed by atoms with Crippen molar-refractivity contribution >= 4 is 15.9 Å². The van der Waals surface area contributed by atoms with Crippen LogP contribution in [-0.4, -0.2) is 55.7 Å². The summed E-state index contributed by atoms with van der Waals surface area (Å²) in [5.41, 5.74) is 3.39. The predicted molar refractivity (Wildman–Crippen MR) is 120 cm³/mol. The first-order valence-electron chi connectivity index (χ1n) is 10.7. The Hall–Kier alpha value is -2.52. The van der Waals surface area contributed by atoms with E-state index in [9.17, 15) is 18.3 Å². The van der Waals surface area contributed by atoms with E-state index < -0.39 is 28.3 Å². The van der Waals surface area contributed by atoms with Gasteiger partial charge in [0.25, 0.3) is 0 Å². The van der Waals surface area contributed by atoms with Crippen LogP contribution < -0.4 is 4.72 Å². The van der Waals surface area contributed by atoms with E-state index in [1.54, 1.807) is 24.3 Å². The van der Waals surface area contributed by atoms with Crippen LogP contribution in [0, 0.1) is 6.92 Å². The minimum Gasteiger partial charge on any atom is -0.394 e. The SMILES string of the molecule is Cc1ccc(S(=O)(=O)N[C@H]2C=C[C@@H](CC(=O)N3CCc4ccccc4C3)O[C@H]2CO)cc1. The molecule has 2 heterocycles. The highest BCUT2D eigenvalue weighted by Gasteiger charge is 2.32. The van der Waals surface area contributed by atoms with Gasteiger partial charge in [0.2, 0.25) is 15.9 Å². The van der Waals surface area contributed by atoms with E-state index in [1.165, 1.54) is 17.7 Å². The van der Waals surface area contributed by atoms with Crippen molar-refractivity contribution in [2.24, 2.45) is 0 Å². The van der Waals surface area contributed by atoms with Crippen molar-refractivity contribution in [3.63, 3.8) is 0 Å². The van der Waals surface area contributed by atoms with Gasteiger partial charge in [0, 0.05) is 13.1 Å². The molecule has 0 bridgehead atoms. The van der Waals surface area contributed by atoms with Gasteiger partial charge in [0.15, 0.2) is 0 Å². The second-order valence-electron chi connectivity index (χ2n) is 8.28. The number of hydrogen-bond donors (Lipinski definition) is 2. The number of fused-ring (bicyclic) bond motifs is 1. The summed E-state index contributed by atoms with van der Waals surface area (Å²) in [4.78, 5) is 14.8. The van der Waals surface area contributed by atoms with Crippen molar-refractivity contribution in [2.45, 2.75) is 49.5 Å². The molecule has 0 spiro atoms. The minimum atomic E-state index is -3.77. The molecule has 0 unspecified atom stereocenters. The van der Waals surface area contributed by atoms with Crippen molar-refractivity contribution in [3.05, 3.63) is 77.4 Å². The average molecular weight is 457 g/mol. The van der Waals surface area contributed by atoms with Gasteiger partial charge in [0.1, 0.15) is 6.10 Å². The molecular weight excluding hydrogens is 428 g/mol. The number of nitrogens with one attached hydrogen (secondary N) is 1. The number of sulfonamides is 1. The van der Waals surface area contributed by atoms with Crippen molar-refractivity contribution in [3.8, 4) is 0 Å². The second kappa shape index (κ2) is 9.54. The molecule has 2 aromatic rings. The average Bonchev–Trinajstić information content (AvgIpc) is 2.79. The summed E-state index contributed by atoms with van der Waals surface area (Å²) in [7, 11) is -3.77. The Bertz CT molecular complexity index is 1100. The van der Waals surface area contributed by atoms with Crippen LogP contribution in [0.5, 0.6) is 0 Å². The molecule has 0 radical (unpaired) electrons. The van der Waals surface area contributed by atoms with Crippen LogP contribution in [0.1, 0.15) is 23.1 Å². The summed E-state index contributed by atoms with van der Waals surface area (Å²) in [5.74, 6) is -0.0236. The molecule has 2 aliphatic heterocycles. The van der Waals surface area contributed by atoms with Gasteiger partial charge < -0.3 is 14.7 Å². The van der Waals surface area contributed by atoms with E-state index in [0.29, 0.717) is 13.1 Å². The zero-order valence-corrected chi connectivity index (χ0v) is 18.8. The van der Waals surface area contributed by atoms with Crippen LogP contribution in [-0.2, 0) is 32.5 Å². The van der Waals surface area contributed by atoms with E-state index >= 15 is 0 Å². The van der Waals surface area contributed by atoms with Gasteiger partial charge in [-0.1, -0.05) is 54.1 Å². The first-order chi connectivity index (χ1) is 15.4. The number of ether oxygens (including phenoxy) is 1. The minimum absolute atomic E-state index is 0.0236. The van der Waals surface area contributed by atoms with Crippen molar-refractivity contribution in [1.29, 1.82) is 0 Å². The lowest BCUT2D eigenvalue weighted by Gasteiger charge is -2.33. The van der Waals surface area contributed by atoms with E-state index in [-0.39, 0.29) is 23.8 Å². The maximum Gasteiger partial charge on any atom is 0.241 e. The number of aliphatic hydroxyl groups excluding tert-OH is 1. The molecule has 2 aromatic carbocycles. The number of benzene rings is 2. The second-order valence-corrected chi connectivity index (χ2v) is 9.99. The van der Waals surface area contributed by atoms with Gasteiger partial charge in [-0.3, -0.25) is 4.79 Å². The van der Waals surface area contributed by atoms with E-state index in [1.807, 2.05) is 30.0 Å². The first kappa shape index (κ1) is 22.7. The molecule has 7 nitrogen and oxygen atoms in total. The molecular formula is C24H28N2O5S. The lowest BCUT2D eigenvalue weighted by atomic mass is 9.99. The maximum atomic E-state index is 12.8. The molecule has 8 heteroatoms. The Morgan fingerprint density at radius 1 is 1.12 bits per heavy atom. The molecule has 4 rings (SSSR count). The monoisotopic (exact) mass is 456 g/mol. The largest absolute Gasteiger partial charge is 0.394 e. The third kappa shape index (κ3) is 5.10. The van der Waals surface area contributed by atoms with Gasteiger partial charge in [0.05, 0.1) is 30.1 Å². The maximum absolute atomic E-state index is 12.8. The summed E-state index contributed by atoms with van der Waals surface area (Å²) in [5, 5.41) is 9.79. The fourth-order valence-electron chi connectivity index (χ4n) is 4.08. The summed E-state index contributed by atoms with van der Waals surface area (Å²) >= 11 is 0. The number of rotatable bonds is 6. The Kier molecular flexibility index (Phi) is 6.76. The van der Waals surface area contributed by atoms with Gasteiger partial charge in [-0.2, -0.15) is 0 Å². The molecule has 3 atom stereocenters. The number of aliphatic hydroxyl groups is 1. The highest BCUT2D eigenvalue weighted by Crippen LogP contribution is 2.22. The van der Waals surface area contributed by atoms with Gasteiger partial charge in [-0.25, -0.2) is 13.1 Å². The number of amides is 1. The van der Waals surface area contributed by atoms with Crippen LogP contribution in [0.2, 0.25) is 0 Å². The third-order valence-electron chi connectivity index (χ3n) is 5.94. The van der Waals surface area contributed by atoms with Crippen LogP contribution in [0.15, 0.2) is 65.6 Å². The molecule has 2 aliphatic rings. The van der Waals surface area contributed by atoms with Crippen molar-refractivity contribution in [2.75, 3.05) is 13.2 Å². The van der Waals surface area contributed by atoms with Crippen LogP contribution in [0.25, 0.3) is 0 Å². The van der Waals surface area contributed by atoms with Gasteiger partial charge in [-0.15, -0.1) is 0 Å². The number of carbonyl (C=O) groups is 1. The van der Waals surface area contributed by atoms with E-state index in [2.05, 4.69) is 10.8 Å². The van der Waals surface area contributed by atoms with E-state index in [4.69, 9.17) is 4.74 Å². The summed E-state index contributed by atoms with van der Waals surface area (Å²) in [6, 6.07) is 13.9. The summed E-state index contributed by atoms with van der Waals surface area (Å²) in [6.07, 6.45) is 3.04. The van der Waals surface area contributed by atoms with Crippen LogP contribution in [0.4, 0.5) is 0 Å². The van der Waals surface area contributed by atoms with Crippen LogP contribution >= 0.6 is 0 Å². The third-order valence-corrected chi connectivity index (χ3v) is 7.42. The normalized spacial score (nSPS) is 23.1. The number of carbonyl (C=O) groups excluding carboxylic acids is 1. The highest BCUT2D eigenvalue weighted by atomic mass is 32.2. The Labute approximate surface area is 188 Å². The smallest absolute Gasteiger partial charge is 0.241 e. The Morgan fingerprint density at radius 3 is 2.56 bits per heavy atom. The zero-order chi connectivity index (χ0) is 22.7. The first-order valence-corrected chi connectivity index (χ1v) is 12.2. The lowest BCUT2D eigenvalue weighted by molar-refractivity contribution is -0.136. The molecule has 170 valence electrons. The summed E-state index contributed by atoms with van der Waals surface area (Å²) in [6.45, 7) is 2.75. The molecule has 0 saturated carbocycles. The summed E-state index contributed by atoms with van der Waals surface area (Å²) < 4.78 is 33.8. The quantitative estimate of drug-likeness (QED) is 0.648. The molecule has 32 heavy (non-hydrogen) atoms. The van der Waals surface area contributed by atoms with Gasteiger partial charge >= 0.3 is 0 Å². The molecule has 0 aromatic heterocycles. The fraction of sp³-hybridized carbons (Fsp3) is 0.375. The lowest BCUT2D eigenvalue weighted by Crippen LogP contribution is -2.49. The predicted octanol–water partition coefficient (Wildman–Crippen LogP) is 1.93. The van der Waals surface area contributed by atoms with Crippen molar-refractivity contribution < 1.29 is 23.1 Å². The molecule has 1 amide bonds. The number of nitrogens with zero attached hydrogens (tertiary/aromatic N) is 1. The Morgan fingerprint density at radius 2 is 1.84 bits per heavy atom. The Balaban J connectivity index is 1.39. The topological polar surface area (TPSA) is 95.9 Å². The van der Waals surface area contributed by atoms with Crippen LogP contribution in [0.3, 0.4) is 0 Å². The molecule has 2 N–H and O–H groups in total. The molecule has 0 fully saturated rings. The van der Waals surface area contributed by atoms with E-state index in [0.717, 1.165) is 17.5 Å². The zero-order valence-electron chi connectivity index (χ0n) is 18.0. The number of aryl methyl sites for hydroxylation is 1. The molecule has 0 saturated heterocycles. The number of hydrogen-bond acceptors (Lipinski definition) is 5. The molecule has 0 aliphatic carbocycles. The van der Waals surface area contributed by atoms with Crippen molar-refractivity contribution in [1.82, 2.24) is 9.62 Å². The standard InChI is InChI=1S/C24H28N2O5S/c1-17-6-9-21(10-7-17)32(29,30)25-22-11-8-20(31-23(22)16-27)14-24(28)26-13-12-18-4-2-3-5-19(18)15-26/h2-11,20,22-23,25,27H,12-16H2,1H3/t20-,22-,23-/m0/s1. The fourth-order valence-corrected chi connectivity index (χ4v) is 5.30.